The van der Waals surface area contributed by atoms with Crippen LogP contribution in [0.3, 0.4) is 0 Å². The Morgan fingerprint density at radius 3 is 2.78 bits per heavy atom. The molecule has 0 saturated heterocycles. The Labute approximate surface area is 193 Å². The first-order chi connectivity index (χ1) is 15.3. The molecule has 0 amide bonds. The molecule has 7 nitrogen and oxygen atoms in total. The van der Waals surface area contributed by atoms with Gasteiger partial charge in [0.05, 0.1) is 25.5 Å². The van der Waals surface area contributed by atoms with E-state index >= 15 is 0 Å². The largest absolute Gasteiger partial charge is 0.490 e. The highest BCUT2D eigenvalue weighted by Crippen LogP contribution is 2.32. The summed E-state index contributed by atoms with van der Waals surface area (Å²) in [6, 6.07) is 4.74. The number of hydrogen-bond acceptors (Lipinski definition) is 6. The topological polar surface area (TPSA) is 93.7 Å². The Morgan fingerprint density at radius 1 is 1.28 bits per heavy atom. The minimum absolute atomic E-state index is 0.0345. The summed E-state index contributed by atoms with van der Waals surface area (Å²) in [5.74, 6) is 0.338. The Bertz CT molecular complexity index is 821. The molecule has 2 N–H and O–H groups in total. The fraction of sp³-hybridized carbons (Fsp3) is 0.682. The van der Waals surface area contributed by atoms with Crippen LogP contribution in [0.4, 0.5) is 4.39 Å². The van der Waals surface area contributed by atoms with Crippen LogP contribution in [0.2, 0.25) is 0 Å². The predicted octanol–water partition coefficient (Wildman–Crippen LogP) is 2.93. The van der Waals surface area contributed by atoms with E-state index in [0.29, 0.717) is 26.2 Å². The highest BCUT2D eigenvalue weighted by molar-refractivity contribution is 7.90. The number of carbonyl (C=O) groups is 1. The smallest absolute Gasteiger partial charge is 0.319 e. The van der Waals surface area contributed by atoms with Gasteiger partial charge in [0.25, 0.3) is 0 Å². The summed E-state index contributed by atoms with van der Waals surface area (Å²) >= 11 is 0. The number of halogens is 1. The number of sulfonamides is 1. The molecule has 1 aliphatic carbocycles. The van der Waals surface area contributed by atoms with Crippen LogP contribution in [0, 0.1) is 11.7 Å². The highest BCUT2D eigenvalue weighted by atomic mass is 32.2. The van der Waals surface area contributed by atoms with E-state index in [4.69, 9.17) is 9.47 Å². The maximum Gasteiger partial charge on any atom is 0.319 e. The Balaban J connectivity index is 1.65. The van der Waals surface area contributed by atoms with Crippen molar-refractivity contribution in [2.24, 2.45) is 5.92 Å². The fourth-order valence-electron chi connectivity index (χ4n) is 3.08. The van der Waals surface area contributed by atoms with Crippen LogP contribution in [-0.4, -0.2) is 56.1 Å². The summed E-state index contributed by atoms with van der Waals surface area (Å²) in [5, 5.41) is 2.98. The number of esters is 1. The van der Waals surface area contributed by atoms with Gasteiger partial charge in [-0.25, -0.2) is 17.2 Å². The van der Waals surface area contributed by atoms with E-state index in [-0.39, 0.29) is 39.2 Å². The summed E-state index contributed by atoms with van der Waals surface area (Å²) < 4.78 is 51.7. The van der Waals surface area contributed by atoms with Crippen molar-refractivity contribution >= 4 is 25.7 Å². The van der Waals surface area contributed by atoms with Gasteiger partial charge in [0.2, 0.25) is 10.0 Å². The lowest BCUT2D eigenvalue weighted by Gasteiger charge is -2.14. The van der Waals surface area contributed by atoms with Gasteiger partial charge in [-0.1, -0.05) is 32.3 Å². The number of nitrogens with one attached hydrogen (secondary N) is 2. The van der Waals surface area contributed by atoms with Crippen molar-refractivity contribution in [1.82, 2.24) is 9.70 Å². The molecule has 180 valence electrons. The second-order valence-corrected chi connectivity index (χ2v) is 11.7. The molecule has 1 fully saturated rings. The summed E-state index contributed by atoms with van der Waals surface area (Å²) in [4.78, 5) is 11.2. The average Bonchev–Trinajstić information content (AvgIpc) is 3.57. The summed E-state index contributed by atoms with van der Waals surface area (Å²) in [7, 11) is -3.41. The normalized spacial score (nSPS) is 14.8. The molecule has 0 aliphatic heterocycles. The van der Waals surface area contributed by atoms with Gasteiger partial charge >= 0.3 is 5.97 Å². The molecule has 2 rings (SSSR count). The molecule has 1 aliphatic rings. The van der Waals surface area contributed by atoms with E-state index in [1.807, 2.05) is 6.92 Å². The van der Waals surface area contributed by atoms with Crippen molar-refractivity contribution in [2.45, 2.75) is 57.9 Å². The zero-order valence-electron chi connectivity index (χ0n) is 19.0. The van der Waals surface area contributed by atoms with Gasteiger partial charge in [-0.3, -0.25) is 4.79 Å². The van der Waals surface area contributed by atoms with Gasteiger partial charge in [0, 0.05) is 0 Å². The first kappa shape index (κ1) is 26.8. The van der Waals surface area contributed by atoms with E-state index in [0.717, 1.165) is 30.7 Å². The van der Waals surface area contributed by atoms with Crippen LogP contribution in [0.5, 0.6) is 5.75 Å². The standard InChI is InChI=1S/C22H35FN2O5SSi/c1-3-29-22(26)16-24-12-5-4-6-14-31(27,28)25-32-17(2)19-9-10-20(23)21(15-19)30-13-11-18-7-8-18/h9-10,15,17-18,24-25H,3-8,11-14,16H2,1-2H3/t17-/m0/s1. The molecule has 1 saturated carbocycles. The first-order valence-corrected chi connectivity index (χ1v) is 14.1. The molecule has 0 spiro atoms. The molecule has 0 heterocycles. The molecule has 32 heavy (non-hydrogen) atoms. The lowest BCUT2D eigenvalue weighted by Crippen LogP contribution is -2.33. The van der Waals surface area contributed by atoms with Crippen molar-refractivity contribution in [3.8, 4) is 5.75 Å². The zero-order valence-corrected chi connectivity index (χ0v) is 20.8. The number of carbonyl (C=O) groups excluding carboxylic acids is 1. The molecule has 0 bridgehead atoms. The second-order valence-electron chi connectivity index (χ2n) is 8.10. The lowest BCUT2D eigenvalue weighted by atomic mass is 10.1. The summed E-state index contributed by atoms with van der Waals surface area (Å²) in [6.07, 6.45) is 5.49. The molecule has 1 atom stereocenters. The van der Waals surface area contributed by atoms with Gasteiger partial charge < -0.3 is 14.8 Å². The van der Waals surface area contributed by atoms with Crippen molar-refractivity contribution in [3.05, 3.63) is 29.6 Å². The molecular formula is C22H35FN2O5SSi. The van der Waals surface area contributed by atoms with E-state index in [2.05, 4.69) is 9.70 Å². The predicted molar refractivity (Wildman–Crippen MR) is 124 cm³/mol. The van der Waals surface area contributed by atoms with Crippen LogP contribution < -0.4 is 14.4 Å². The minimum Gasteiger partial charge on any atom is -0.490 e. The molecule has 0 aromatic heterocycles. The van der Waals surface area contributed by atoms with Crippen molar-refractivity contribution in [1.29, 1.82) is 0 Å². The van der Waals surface area contributed by atoms with Gasteiger partial charge in [-0.2, -0.15) is 0 Å². The number of hydrogen-bond donors (Lipinski definition) is 2. The number of rotatable bonds is 17. The molecule has 2 radical (unpaired) electrons. The minimum atomic E-state index is -3.37. The maximum absolute atomic E-state index is 14.0. The van der Waals surface area contributed by atoms with Gasteiger partial charge in [-0.15, -0.1) is 0 Å². The Morgan fingerprint density at radius 2 is 2.06 bits per heavy atom. The van der Waals surface area contributed by atoms with Gasteiger partial charge in [-0.05, 0) is 61.9 Å². The van der Waals surface area contributed by atoms with Crippen LogP contribution in [-0.2, 0) is 19.6 Å². The molecule has 0 unspecified atom stereocenters. The monoisotopic (exact) mass is 486 g/mol. The van der Waals surface area contributed by atoms with E-state index in [1.54, 1.807) is 19.1 Å². The van der Waals surface area contributed by atoms with E-state index < -0.39 is 15.8 Å². The fourth-order valence-corrected chi connectivity index (χ4v) is 5.84. The third-order valence-corrected chi connectivity index (χ3v) is 8.52. The SMILES string of the molecule is CCOC(=O)CNCCCCCS(=O)(=O)N[Si][C@@H](C)c1ccc(F)c(OCCC2CC2)c1. The maximum atomic E-state index is 14.0. The van der Waals surface area contributed by atoms with Gasteiger partial charge in [0.15, 0.2) is 21.2 Å². The van der Waals surface area contributed by atoms with Crippen molar-refractivity contribution in [2.75, 3.05) is 32.1 Å². The Kier molecular flexibility index (Phi) is 11.6. The highest BCUT2D eigenvalue weighted by Gasteiger charge is 2.21. The zero-order chi connectivity index (χ0) is 23.4. The van der Waals surface area contributed by atoms with Crippen molar-refractivity contribution in [3.63, 3.8) is 0 Å². The van der Waals surface area contributed by atoms with Gasteiger partial charge in [0.1, 0.15) is 0 Å². The van der Waals surface area contributed by atoms with Crippen LogP contribution in [0.25, 0.3) is 0 Å². The third-order valence-electron chi connectivity index (χ3n) is 5.21. The molecule has 10 heteroatoms. The number of unbranched alkanes of at least 4 members (excludes halogenated alkanes) is 2. The first-order valence-electron chi connectivity index (χ1n) is 11.3. The van der Waals surface area contributed by atoms with Crippen LogP contribution >= 0.6 is 0 Å². The van der Waals surface area contributed by atoms with E-state index in [9.17, 15) is 17.6 Å². The average molecular weight is 487 g/mol. The Hall–Kier alpha value is -1.49. The van der Waals surface area contributed by atoms with Crippen LogP contribution in [0.15, 0.2) is 18.2 Å². The quantitative estimate of drug-likeness (QED) is 0.200. The van der Waals surface area contributed by atoms with Crippen LogP contribution in [0.1, 0.15) is 63.5 Å². The lowest BCUT2D eigenvalue weighted by molar-refractivity contribution is -0.141. The number of ether oxygens (including phenoxy) is 2. The third kappa shape index (κ3) is 10.9. The number of benzene rings is 1. The molecular weight excluding hydrogens is 451 g/mol. The molecule has 1 aromatic carbocycles. The van der Waals surface area contributed by atoms with E-state index in [1.165, 1.54) is 18.9 Å². The van der Waals surface area contributed by atoms with Crippen molar-refractivity contribution < 1.29 is 27.1 Å². The summed E-state index contributed by atoms with van der Waals surface area (Å²) in [6.45, 7) is 5.35. The second kappa shape index (κ2) is 13.9. The molecule has 1 aromatic rings. The summed E-state index contributed by atoms with van der Waals surface area (Å²) in [5.41, 5.74) is 0.768.